The van der Waals surface area contributed by atoms with Gasteiger partial charge in [0.15, 0.2) is 6.29 Å². The molecule has 3 aliphatic heterocycles. The molecule has 14 heteroatoms. The molecule has 274 valence electrons. The van der Waals surface area contributed by atoms with Crippen molar-refractivity contribution in [2.24, 2.45) is 17.8 Å². The number of fused-ring (bicyclic) bond motifs is 5. The fourth-order valence-electron chi connectivity index (χ4n) is 7.79. The molecule has 16 atom stereocenters. The van der Waals surface area contributed by atoms with E-state index < -0.39 is 75.3 Å². The molecule has 3 fully saturated rings. The summed E-state index contributed by atoms with van der Waals surface area (Å²) >= 11 is 8.16. The third kappa shape index (κ3) is 9.21. The van der Waals surface area contributed by atoms with E-state index in [1.54, 1.807) is 20.8 Å². The van der Waals surface area contributed by atoms with Gasteiger partial charge < -0.3 is 48.4 Å². The summed E-state index contributed by atoms with van der Waals surface area (Å²) in [6, 6.07) is -0.233. The minimum absolute atomic E-state index is 0.0655. The van der Waals surface area contributed by atoms with Crippen LogP contribution in [0.25, 0.3) is 0 Å². The van der Waals surface area contributed by atoms with Crippen LogP contribution in [0, 0.1) is 17.8 Å². The van der Waals surface area contributed by atoms with Gasteiger partial charge in [0.2, 0.25) is 0 Å². The number of rotatable bonds is 6. The summed E-state index contributed by atoms with van der Waals surface area (Å²) < 4.78 is 37.0. The second-order valence-corrected chi connectivity index (χ2v) is 17.9. The van der Waals surface area contributed by atoms with E-state index in [-0.39, 0.29) is 45.9 Å². The zero-order chi connectivity index (χ0) is 35.6. The predicted octanol–water partition coefficient (Wildman–Crippen LogP) is 4.60. The zero-order valence-electron chi connectivity index (χ0n) is 29.6. The van der Waals surface area contributed by atoms with Crippen molar-refractivity contribution in [3.05, 3.63) is 12.2 Å². The van der Waals surface area contributed by atoms with Crippen molar-refractivity contribution in [1.82, 2.24) is 4.90 Å². The van der Waals surface area contributed by atoms with Gasteiger partial charge in [-0.25, -0.2) is 0 Å². The van der Waals surface area contributed by atoms with Crippen molar-refractivity contribution in [3.8, 4) is 0 Å². The maximum atomic E-state index is 13.9. The van der Waals surface area contributed by atoms with E-state index in [1.165, 1.54) is 0 Å². The highest BCUT2D eigenvalue weighted by Crippen LogP contribution is 2.45. The lowest BCUT2D eigenvalue weighted by Gasteiger charge is -2.50. The molecule has 47 heavy (non-hydrogen) atoms. The molecule has 0 amide bonds. The standard InChI is InChI=1S/C33H58ClINO10P/c1-12-23-33(9,40)28-20(5)25(46-47-34)18(3)14-31(7,42-16-17(2)15-41-28)27(21(6)26(38)32(8,35)30(39)44-23)45-29-24(37)22(36(10)11)13-19(4)43-29/h18-29,37-38,40,47H,2,12-16H2,1,3-11H3/t18-,19-,20+,21+,22+,23-,24-,25+,26+,27-,28?,29+,31-,32+,33-/m1/s1. The molecule has 0 spiro atoms. The number of cyclic esters (lactones) is 1. The molecule has 3 aliphatic rings. The lowest BCUT2D eigenvalue weighted by atomic mass is 9.73. The highest BCUT2D eigenvalue weighted by Gasteiger charge is 2.56. The Bertz CT molecular complexity index is 1070. The Hall–Kier alpha value is 0.300. The summed E-state index contributed by atoms with van der Waals surface area (Å²) in [5, 5.41) is 35.7. The van der Waals surface area contributed by atoms with Gasteiger partial charge in [-0.3, -0.25) is 4.79 Å². The molecule has 0 saturated carbocycles. The first kappa shape index (κ1) is 41.7. The normalized spacial score (nSPS) is 48.2. The molecule has 0 aromatic heterocycles. The fourth-order valence-corrected chi connectivity index (χ4v) is 9.35. The van der Waals surface area contributed by atoms with Gasteiger partial charge in [-0.1, -0.05) is 68.1 Å². The third-order valence-electron chi connectivity index (χ3n) is 10.5. The largest absolute Gasteiger partial charge is 0.458 e. The number of esters is 1. The Labute approximate surface area is 301 Å². The zero-order valence-corrected chi connectivity index (χ0v) is 33.5. The van der Waals surface area contributed by atoms with Crippen LogP contribution < -0.4 is 0 Å². The predicted molar refractivity (Wildman–Crippen MR) is 191 cm³/mol. The van der Waals surface area contributed by atoms with Crippen LogP contribution in [0.1, 0.15) is 74.7 Å². The van der Waals surface area contributed by atoms with Crippen molar-refractivity contribution < 1.29 is 48.3 Å². The average Bonchev–Trinajstić information content (AvgIpc) is 3.00. The summed E-state index contributed by atoms with van der Waals surface area (Å²) in [5.74, 6) is -2.08. The fraction of sp³-hybridized carbons (Fsp3) is 0.909. The Morgan fingerprint density at radius 2 is 1.77 bits per heavy atom. The number of nitrogens with zero attached hydrogens (tertiary/aromatic N) is 1. The number of halogens is 2. The molecule has 0 aromatic carbocycles. The topological polar surface area (TPSA) is 136 Å². The van der Waals surface area contributed by atoms with Crippen molar-refractivity contribution in [2.75, 3.05) is 27.3 Å². The molecule has 0 radical (unpaired) electrons. The van der Waals surface area contributed by atoms with Crippen LogP contribution >= 0.6 is 42.0 Å². The van der Waals surface area contributed by atoms with E-state index in [0.29, 0.717) is 18.4 Å². The molecule has 3 saturated heterocycles. The molecule has 3 rings (SSSR count). The molecular formula is C33H58ClINO10P. The number of aliphatic hydroxyl groups excluding tert-OH is 2. The third-order valence-corrected chi connectivity index (χ3v) is 12.2. The summed E-state index contributed by atoms with van der Waals surface area (Å²) in [7, 11) is 3.44. The summed E-state index contributed by atoms with van der Waals surface area (Å²) in [6.45, 7) is 19.0. The van der Waals surface area contributed by atoms with Gasteiger partial charge in [-0.15, -0.1) is 0 Å². The number of ether oxygens (including phenoxy) is 5. The number of carbonyl (C=O) groups excluding carboxylic acids is 1. The molecule has 0 aromatic rings. The monoisotopic (exact) mass is 821 g/mol. The number of carbonyl (C=O) groups is 1. The van der Waals surface area contributed by atoms with Crippen molar-refractivity contribution in [1.29, 1.82) is 0 Å². The first-order valence-corrected chi connectivity index (χ1v) is 19.6. The van der Waals surface area contributed by atoms with Crippen LogP contribution in [0.3, 0.4) is 0 Å². The second kappa shape index (κ2) is 16.8. The van der Waals surface area contributed by atoms with Crippen LogP contribution in [0.5, 0.6) is 0 Å². The number of alkyl halides is 1. The Morgan fingerprint density at radius 3 is 2.34 bits per heavy atom. The van der Waals surface area contributed by atoms with E-state index in [9.17, 15) is 20.1 Å². The minimum atomic E-state index is -1.65. The Balaban J connectivity index is 2.27. The Morgan fingerprint density at radius 1 is 1.13 bits per heavy atom. The molecule has 3 N–H and O–H groups in total. The second-order valence-electron chi connectivity index (χ2n) is 14.8. The molecule has 2 bridgehead atoms. The van der Waals surface area contributed by atoms with Gasteiger partial charge >= 0.3 is 5.97 Å². The maximum absolute atomic E-state index is 13.9. The lowest BCUT2D eigenvalue weighted by Crippen LogP contribution is -2.62. The first-order chi connectivity index (χ1) is 21.7. The van der Waals surface area contributed by atoms with E-state index in [1.807, 2.05) is 76.2 Å². The van der Waals surface area contributed by atoms with Crippen LogP contribution in [-0.2, 0) is 33.0 Å². The number of aliphatic hydroxyl groups is 3. The van der Waals surface area contributed by atoms with Gasteiger partial charge in [0, 0.05) is 17.9 Å². The van der Waals surface area contributed by atoms with Crippen LogP contribution in [-0.4, -0.2) is 123 Å². The van der Waals surface area contributed by atoms with Gasteiger partial charge in [-0.2, -0.15) is 0 Å². The molecule has 0 aliphatic carbocycles. The highest BCUT2D eigenvalue weighted by atomic mass is 127. The smallest absolute Gasteiger partial charge is 0.324 e. The van der Waals surface area contributed by atoms with Crippen molar-refractivity contribution >= 4 is 48.0 Å². The average molecular weight is 822 g/mol. The number of likely N-dealkylation sites (N-methyl/N-ethyl adjacent to an activating group) is 1. The quantitative estimate of drug-likeness (QED) is 0.114. The van der Waals surface area contributed by atoms with E-state index in [2.05, 4.69) is 6.58 Å². The van der Waals surface area contributed by atoms with Crippen molar-refractivity contribution in [2.45, 2.75) is 144 Å². The summed E-state index contributed by atoms with van der Waals surface area (Å²) in [5.41, 5.74) is -2.16. The van der Waals surface area contributed by atoms with Gasteiger partial charge in [0.1, 0.15) is 29.4 Å². The van der Waals surface area contributed by atoms with Crippen molar-refractivity contribution in [3.63, 3.8) is 0 Å². The number of hydrogen-bond acceptors (Lipinski definition) is 11. The molecule has 2 unspecified atom stereocenters. The SMILES string of the molecule is C=C1COC2[C@@H](C)[C@@H](OPCl)[C@H](C)C[C@@](C)(OC1)[C@H](O[C@@H]1O[C@H](C)C[C@H](N(C)C)[C@H]1O)[C@@H](C)[C@H](O)[C@](C)(I)C(=O)O[C@H](CC)[C@@]2(C)O. The van der Waals surface area contributed by atoms with Crippen LogP contribution in [0.15, 0.2) is 12.2 Å². The van der Waals surface area contributed by atoms with Crippen LogP contribution in [0.4, 0.5) is 0 Å². The van der Waals surface area contributed by atoms with Gasteiger partial charge in [0.25, 0.3) is 0 Å². The summed E-state index contributed by atoms with van der Waals surface area (Å²) in [4.78, 5) is 15.9. The van der Waals surface area contributed by atoms with Crippen LogP contribution in [0.2, 0.25) is 0 Å². The molecule has 11 nitrogen and oxygen atoms in total. The molecular weight excluding hydrogens is 764 g/mol. The van der Waals surface area contributed by atoms with E-state index >= 15 is 0 Å². The van der Waals surface area contributed by atoms with Gasteiger partial charge in [0.05, 0.1) is 49.3 Å². The Kier molecular flexibility index (Phi) is 14.9. The maximum Gasteiger partial charge on any atom is 0.324 e. The number of hydrogen-bond donors (Lipinski definition) is 3. The lowest BCUT2D eigenvalue weighted by molar-refractivity contribution is -0.303. The first-order valence-electron chi connectivity index (χ1n) is 16.6. The van der Waals surface area contributed by atoms with Gasteiger partial charge in [-0.05, 0) is 72.5 Å². The molecule has 3 heterocycles. The minimum Gasteiger partial charge on any atom is -0.458 e. The van der Waals surface area contributed by atoms with E-state index in [4.69, 9.17) is 39.4 Å². The highest BCUT2D eigenvalue weighted by molar-refractivity contribution is 14.1. The van der Waals surface area contributed by atoms with E-state index in [0.717, 1.165) is 0 Å². The summed E-state index contributed by atoms with van der Waals surface area (Å²) in [6.07, 6.45) is -5.53.